The molecule has 2 amide bonds. The number of thiazole rings is 1. The molecular formula is C29H31N3O3S. The van der Waals surface area contributed by atoms with Gasteiger partial charge in [0.05, 0.1) is 6.04 Å². The summed E-state index contributed by atoms with van der Waals surface area (Å²) in [4.78, 5) is 32.1. The average molecular weight is 502 g/mol. The highest BCUT2D eigenvalue weighted by Crippen LogP contribution is 2.41. The number of hydrogen-bond acceptors (Lipinski definition) is 5. The summed E-state index contributed by atoms with van der Waals surface area (Å²) in [7, 11) is 0. The van der Waals surface area contributed by atoms with Gasteiger partial charge in [0.1, 0.15) is 23.1 Å². The van der Waals surface area contributed by atoms with Crippen molar-refractivity contribution in [2.24, 2.45) is 11.8 Å². The van der Waals surface area contributed by atoms with Crippen LogP contribution in [0.25, 0.3) is 0 Å². The van der Waals surface area contributed by atoms with Crippen LogP contribution in [-0.2, 0) is 17.8 Å². The largest absolute Gasteiger partial charge is 0.486 e. The van der Waals surface area contributed by atoms with E-state index in [4.69, 9.17) is 4.74 Å². The van der Waals surface area contributed by atoms with Crippen molar-refractivity contribution in [3.63, 3.8) is 0 Å². The Kier molecular flexibility index (Phi) is 6.25. The zero-order valence-electron chi connectivity index (χ0n) is 20.5. The highest BCUT2D eigenvalue weighted by atomic mass is 32.1. The number of amides is 2. The molecule has 36 heavy (non-hydrogen) atoms. The van der Waals surface area contributed by atoms with Crippen molar-refractivity contribution in [1.82, 2.24) is 15.2 Å². The number of carbonyl (C=O) groups excluding carboxylic acids is 2. The van der Waals surface area contributed by atoms with Gasteiger partial charge in [-0.15, -0.1) is 11.3 Å². The van der Waals surface area contributed by atoms with Gasteiger partial charge in [0, 0.05) is 24.4 Å². The van der Waals surface area contributed by atoms with E-state index in [-0.39, 0.29) is 23.8 Å². The molecule has 2 fully saturated rings. The van der Waals surface area contributed by atoms with Gasteiger partial charge in [-0.1, -0.05) is 35.9 Å². The minimum Gasteiger partial charge on any atom is -0.486 e. The summed E-state index contributed by atoms with van der Waals surface area (Å²) in [6, 6.07) is 14.6. The first-order valence-corrected chi connectivity index (χ1v) is 13.8. The van der Waals surface area contributed by atoms with Gasteiger partial charge < -0.3 is 15.0 Å². The molecule has 1 atom stereocenters. The summed E-state index contributed by atoms with van der Waals surface area (Å²) in [5.41, 5.74) is 5.18. The molecule has 186 valence electrons. The molecule has 2 aliphatic carbocycles. The van der Waals surface area contributed by atoms with Gasteiger partial charge in [0.2, 0.25) is 5.91 Å². The smallest absolute Gasteiger partial charge is 0.270 e. The molecule has 0 bridgehead atoms. The monoisotopic (exact) mass is 501 g/mol. The molecule has 0 radical (unpaired) electrons. The number of benzene rings is 2. The van der Waals surface area contributed by atoms with E-state index in [0.29, 0.717) is 18.2 Å². The van der Waals surface area contributed by atoms with Gasteiger partial charge in [0.25, 0.3) is 5.91 Å². The summed E-state index contributed by atoms with van der Waals surface area (Å²) in [5.74, 6) is 1.73. The molecule has 2 aromatic carbocycles. The highest BCUT2D eigenvalue weighted by molar-refractivity contribution is 7.09. The molecular weight excluding hydrogens is 470 g/mol. The van der Waals surface area contributed by atoms with E-state index < -0.39 is 0 Å². The third kappa shape index (κ3) is 5.03. The topological polar surface area (TPSA) is 71.5 Å². The molecule has 1 aliphatic heterocycles. The maximum atomic E-state index is 13.2. The average Bonchev–Trinajstić information content (AvgIpc) is 3.83. The number of nitrogens with one attached hydrogen (secondary N) is 1. The molecule has 6 nitrogen and oxygen atoms in total. The molecule has 2 heterocycles. The van der Waals surface area contributed by atoms with E-state index in [1.807, 2.05) is 6.07 Å². The Balaban J connectivity index is 1.21. The molecule has 1 N–H and O–H groups in total. The van der Waals surface area contributed by atoms with Crippen molar-refractivity contribution < 1.29 is 14.3 Å². The lowest BCUT2D eigenvalue weighted by Gasteiger charge is -2.38. The van der Waals surface area contributed by atoms with E-state index >= 15 is 0 Å². The number of hydrogen-bond donors (Lipinski definition) is 1. The highest BCUT2D eigenvalue weighted by Gasteiger charge is 2.39. The van der Waals surface area contributed by atoms with E-state index in [1.165, 1.54) is 35.3 Å². The summed E-state index contributed by atoms with van der Waals surface area (Å²) in [6.45, 7) is 3.87. The van der Waals surface area contributed by atoms with Crippen molar-refractivity contribution in [2.45, 2.75) is 51.7 Å². The SMILES string of the molecule is Cc1cccc([C@@H]2c3cc(OCc4nc(C(=O)NCC5CC5)cs4)ccc3CCN2C(=O)C2CC2)c1. The van der Waals surface area contributed by atoms with Crippen LogP contribution in [0.15, 0.2) is 47.8 Å². The summed E-state index contributed by atoms with van der Waals surface area (Å²) in [5, 5.41) is 5.53. The molecule has 0 unspecified atom stereocenters. The van der Waals surface area contributed by atoms with E-state index in [2.05, 4.69) is 58.5 Å². The van der Waals surface area contributed by atoms with Gasteiger partial charge in [-0.25, -0.2) is 4.98 Å². The molecule has 3 aliphatic rings. The first-order valence-electron chi connectivity index (χ1n) is 12.9. The number of aryl methyl sites for hydroxylation is 1. The Hall–Kier alpha value is -3.19. The number of rotatable bonds is 8. The molecule has 3 aromatic rings. The fourth-order valence-corrected chi connectivity index (χ4v) is 5.65. The lowest BCUT2D eigenvalue weighted by molar-refractivity contribution is -0.134. The van der Waals surface area contributed by atoms with Gasteiger partial charge in [-0.2, -0.15) is 0 Å². The summed E-state index contributed by atoms with van der Waals surface area (Å²) in [6.07, 6.45) is 5.26. The van der Waals surface area contributed by atoms with Gasteiger partial charge >= 0.3 is 0 Å². The van der Waals surface area contributed by atoms with Crippen molar-refractivity contribution >= 4 is 23.2 Å². The van der Waals surface area contributed by atoms with Gasteiger partial charge in [-0.05, 0) is 73.8 Å². The van der Waals surface area contributed by atoms with E-state index in [1.54, 1.807) is 5.38 Å². The second kappa shape index (κ2) is 9.69. The van der Waals surface area contributed by atoms with Crippen LogP contribution in [0.4, 0.5) is 0 Å². The van der Waals surface area contributed by atoms with Crippen LogP contribution < -0.4 is 10.1 Å². The first-order chi connectivity index (χ1) is 17.5. The Morgan fingerprint density at radius 3 is 2.78 bits per heavy atom. The minimum absolute atomic E-state index is 0.105. The van der Waals surface area contributed by atoms with E-state index in [9.17, 15) is 9.59 Å². The lowest BCUT2D eigenvalue weighted by atomic mass is 9.87. The van der Waals surface area contributed by atoms with Crippen molar-refractivity contribution in [1.29, 1.82) is 0 Å². The number of fused-ring (bicyclic) bond motifs is 1. The lowest BCUT2D eigenvalue weighted by Crippen LogP contribution is -2.41. The van der Waals surface area contributed by atoms with Crippen molar-refractivity contribution in [2.75, 3.05) is 13.1 Å². The number of ether oxygens (including phenoxy) is 1. The van der Waals surface area contributed by atoms with Crippen LogP contribution in [-0.4, -0.2) is 34.8 Å². The predicted octanol–water partition coefficient (Wildman–Crippen LogP) is 5.05. The fraction of sp³-hybridized carbons (Fsp3) is 0.414. The molecule has 0 saturated heterocycles. The second-order valence-corrected chi connectivity index (χ2v) is 11.2. The van der Waals surface area contributed by atoms with Crippen LogP contribution in [0, 0.1) is 18.8 Å². The van der Waals surface area contributed by atoms with Gasteiger partial charge in [0.15, 0.2) is 0 Å². The minimum atomic E-state index is -0.111. The van der Waals surface area contributed by atoms with Crippen LogP contribution in [0.1, 0.15) is 69.5 Å². The molecule has 2 saturated carbocycles. The third-order valence-electron chi connectivity index (χ3n) is 7.31. The Labute approximate surface area is 215 Å². The standard InChI is InChI=1S/C29H31N3O3S/c1-18-3-2-4-22(13-18)27-24-14-23(10-9-20(24)11-12-32(27)29(34)21-7-8-21)35-16-26-31-25(17-36-26)28(33)30-15-19-5-6-19/h2-4,9-10,13-14,17,19,21,27H,5-8,11-12,15-16H2,1H3,(H,30,33)/t27-/m1/s1. The summed E-state index contributed by atoms with van der Waals surface area (Å²) >= 11 is 1.44. The molecule has 6 rings (SSSR count). The number of carbonyl (C=O) groups is 2. The third-order valence-corrected chi connectivity index (χ3v) is 8.13. The summed E-state index contributed by atoms with van der Waals surface area (Å²) < 4.78 is 6.14. The maximum Gasteiger partial charge on any atom is 0.270 e. The predicted molar refractivity (Wildman–Crippen MR) is 139 cm³/mol. The maximum absolute atomic E-state index is 13.2. The second-order valence-electron chi connectivity index (χ2n) is 10.3. The van der Waals surface area contributed by atoms with Gasteiger partial charge in [-0.3, -0.25) is 9.59 Å². The molecule has 0 spiro atoms. The fourth-order valence-electron chi connectivity index (χ4n) is 4.96. The number of nitrogens with zero attached hydrogens (tertiary/aromatic N) is 2. The zero-order chi connectivity index (χ0) is 24.6. The van der Waals surface area contributed by atoms with Crippen LogP contribution in [0.5, 0.6) is 5.75 Å². The van der Waals surface area contributed by atoms with Crippen LogP contribution in [0.3, 0.4) is 0 Å². The van der Waals surface area contributed by atoms with E-state index in [0.717, 1.165) is 54.2 Å². The van der Waals surface area contributed by atoms with Crippen LogP contribution in [0.2, 0.25) is 0 Å². The molecule has 7 heteroatoms. The normalized spacial score (nSPS) is 19.0. The zero-order valence-corrected chi connectivity index (χ0v) is 21.4. The Morgan fingerprint density at radius 2 is 2.00 bits per heavy atom. The van der Waals surface area contributed by atoms with Crippen molar-refractivity contribution in [3.8, 4) is 5.75 Å². The van der Waals surface area contributed by atoms with Crippen LogP contribution >= 0.6 is 11.3 Å². The number of aromatic nitrogens is 1. The Bertz CT molecular complexity index is 1290. The Morgan fingerprint density at radius 1 is 1.14 bits per heavy atom. The molecule has 1 aromatic heterocycles. The first kappa shape index (κ1) is 23.2. The quantitative estimate of drug-likeness (QED) is 0.469. The van der Waals surface area contributed by atoms with Crippen molar-refractivity contribution in [3.05, 3.63) is 80.8 Å².